The van der Waals surface area contributed by atoms with E-state index in [-0.39, 0.29) is 0 Å². The highest BCUT2D eigenvalue weighted by Crippen LogP contribution is 2.36. The quantitative estimate of drug-likeness (QED) is 0.831. The van der Waals surface area contributed by atoms with Gasteiger partial charge in [-0.2, -0.15) is 0 Å². The van der Waals surface area contributed by atoms with Gasteiger partial charge in [-0.05, 0) is 44.6 Å². The lowest BCUT2D eigenvalue weighted by atomic mass is 9.83. The highest BCUT2D eigenvalue weighted by Gasteiger charge is 2.24. The lowest BCUT2D eigenvalue weighted by Crippen LogP contribution is -2.36. The Balaban J connectivity index is 1.30. The molecule has 2 aliphatic rings. The van der Waals surface area contributed by atoms with Gasteiger partial charge in [0.15, 0.2) is 0 Å². The number of piperidine rings is 1. The summed E-state index contributed by atoms with van der Waals surface area (Å²) in [5.74, 6) is 3.33. The highest BCUT2D eigenvalue weighted by atomic mass is 16.5. The van der Waals surface area contributed by atoms with Crippen LogP contribution in [0.5, 0.6) is 5.75 Å². The zero-order valence-corrected chi connectivity index (χ0v) is 14.9. The minimum atomic E-state index is 0.608. The summed E-state index contributed by atoms with van der Waals surface area (Å²) in [5.41, 5.74) is 2.33. The van der Waals surface area contributed by atoms with Crippen LogP contribution in [0.4, 0.5) is 5.82 Å². The first-order valence-corrected chi connectivity index (χ1v) is 9.40. The summed E-state index contributed by atoms with van der Waals surface area (Å²) in [7, 11) is 0. The minimum absolute atomic E-state index is 0.608. The van der Waals surface area contributed by atoms with Gasteiger partial charge in [0.1, 0.15) is 17.9 Å². The topological polar surface area (TPSA) is 51.1 Å². The van der Waals surface area contributed by atoms with Crippen LogP contribution in [0.3, 0.4) is 0 Å². The van der Waals surface area contributed by atoms with Gasteiger partial charge in [0.05, 0.1) is 6.61 Å². The fraction of sp³-hybridized carbons (Fsp3) is 0.550. The van der Waals surface area contributed by atoms with Crippen molar-refractivity contribution in [2.24, 2.45) is 5.92 Å². The predicted molar refractivity (Wildman–Crippen MR) is 98.0 cm³/mol. The molecule has 0 spiro atoms. The van der Waals surface area contributed by atoms with Crippen molar-refractivity contribution in [3.8, 4) is 5.75 Å². The third-order valence-corrected chi connectivity index (χ3v) is 5.58. The monoisotopic (exact) mass is 338 g/mol. The zero-order valence-electron chi connectivity index (χ0n) is 14.9. The Morgan fingerprint density at radius 2 is 2.00 bits per heavy atom. The van der Waals surface area contributed by atoms with Gasteiger partial charge in [0.2, 0.25) is 0 Å². The van der Waals surface area contributed by atoms with Crippen molar-refractivity contribution in [3.63, 3.8) is 0 Å². The number of ether oxygens (including phenoxy) is 1. The minimum Gasteiger partial charge on any atom is -0.493 e. The number of aryl methyl sites for hydroxylation is 1. The average Bonchev–Trinajstić information content (AvgIpc) is 2.60. The highest BCUT2D eigenvalue weighted by molar-refractivity contribution is 5.40. The lowest BCUT2D eigenvalue weighted by Gasteiger charge is -2.33. The molecule has 132 valence electrons. The molecule has 4 rings (SSSR count). The molecule has 1 aliphatic carbocycles. The van der Waals surface area contributed by atoms with Crippen molar-refractivity contribution in [1.29, 1.82) is 0 Å². The number of nitrogens with zero attached hydrogens (tertiary/aromatic N) is 4. The van der Waals surface area contributed by atoms with Gasteiger partial charge in [-0.3, -0.25) is 4.98 Å². The Bertz CT molecular complexity index is 708. The normalized spacial score (nSPS) is 18.8. The standard InChI is InChI=1S/C20H26N4O/c1-15-12-21-8-5-19(15)25-13-16-6-9-24(10-7-16)20-11-18(22-14-23-20)17-3-2-4-17/h5,8,11-12,14,16-17H,2-4,6-7,9-10,13H2,1H3. The van der Waals surface area contributed by atoms with E-state index >= 15 is 0 Å². The summed E-state index contributed by atoms with van der Waals surface area (Å²) >= 11 is 0. The Morgan fingerprint density at radius 1 is 1.16 bits per heavy atom. The van der Waals surface area contributed by atoms with Crippen LogP contribution in [0.2, 0.25) is 0 Å². The predicted octanol–water partition coefficient (Wildman–Crippen LogP) is 3.74. The fourth-order valence-corrected chi connectivity index (χ4v) is 3.62. The van der Waals surface area contributed by atoms with Crippen molar-refractivity contribution in [1.82, 2.24) is 15.0 Å². The largest absolute Gasteiger partial charge is 0.493 e. The molecule has 3 heterocycles. The van der Waals surface area contributed by atoms with Crippen LogP contribution >= 0.6 is 0 Å². The van der Waals surface area contributed by atoms with Gasteiger partial charge >= 0.3 is 0 Å². The third kappa shape index (κ3) is 3.75. The molecule has 0 atom stereocenters. The van der Waals surface area contributed by atoms with E-state index in [9.17, 15) is 0 Å². The lowest BCUT2D eigenvalue weighted by molar-refractivity contribution is 0.221. The molecule has 0 bridgehead atoms. The summed E-state index contributed by atoms with van der Waals surface area (Å²) in [6.45, 7) is 4.92. The molecule has 0 radical (unpaired) electrons. The van der Waals surface area contributed by atoms with Crippen molar-refractivity contribution in [2.75, 3.05) is 24.6 Å². The van der Waals surface area contributed by atoms with E-state index in [1.807, 2.05) is 19.2 Å². The fourth-order valence-electron chi connectivity index (χ4n) is 3.62. The van der Waals surface area contributed by atoms with Crippen LogP contribution in [-0.2, 0) is 0 Å². The maximum absolute atomic E-state index is 6.01. The number of anilines is 1. The van der Waals surface area contributed by atoms with E-state index in [1.165, 1.54) is 25.0 Å². The molecule has 0 N–H and O–H groups in total. The van der Waals surface area contributed by atoms with Crippen LogP contribution in [0.15, 0.2) is 30.9 Å². The second kappa shape index (κ2) is 7.38. The maximum Gasteiger partial charge on any atom is 0.132 e. The molecule has 1 saturated heterocycles. The molecule has 1 saturated carbocycles. The Kier molecular flexibility index (Phi) is 4.81. The second-order valence-corrected chi connectivity index (χ2v) is 7.31. The molecule has 5 nitrogen and oxygen atoms in total. The molecule has 0 aromatic carbocycles. The SMILES string of the molecule is Cc1cnccc1OCC1CCN(c2cc(C3CCC3)ncn2)CC1. The van der Waals surface area contributed by atoms with Crippen LogP contribution in [-0.4, -0.2) is 34.6 Å². The van der Waals surface area contributed by atoms with E-state index in [0.717, 1.165) is 49.7 Å². The van der Waals surface area contributed by atoms with E-state index in [4.69, 9.17) is 4.74 Å². The number of aromatic nitrogens is 3. The molecule has 2 aromatic heterocycles. The van der Waals surface area contributed by atoms with Crippen LogP contribution in [0.1, 0.15) is 49.3 Å². The molecule has 5 heteroatoms. The van der Waals surface area contributed by atoms with E-state index < -0.39 is 0 Å². The Hall–Kier alpha value is -2.17. The summed E-state index contributed by atoms with van der Waals surface area (Å²) in [6.07, 6.45) is 11.6. The first-order valence-electron chi connectivity index (χ1n) is 9.40. The van der Waals surface area contributed by atoms with Gasteiger partial charge in [0, 0.05) is 48.7 Å². The van der Waals surface area contributed by atoms with E-state index in [0.29, 0.717) is 11.8 Å². The average molecular weight is 338 g/mol. The molecular formula is C20H26N4O. The zero-order chi connectivity index (χ0) is 17.1. The van der Waals surface area contributed by atoms with E-state index in [1.54, 1.807) is 12.5 Å². The number of rotatable bonds is 5. The molecule has 2 aromatic rings. The van der Waals surface area contributed by atoms with Gasteiger partial charge in [-0.1, -0.05) is 6.42 Å². The van der Waals surface area contributed by atoms with Crippen molar-refractivity contribution >= 4 is 5.82 Å². The Labute approximate surface area is 149 Å². The summed E-state index contributed by atoms with van der Waals surface area (Å²) < 4.78 is 6.01. The van der Waals surface area contributed by atoms with Crippen LogP contribution in [0, 0.1) is 12.8 Å². The number of pyridine rings is 1. The Morgan fingerprint density at radius 3 is 2.72 bits per heavy atom. The molecule has 2 fully saturated rings. The first-order chi connectivity index (χ1) is 12.3. The van der Waals surface area contributed by atoms with Crippen LogP contribution < -0.4 is 9.64 Å². The number of hydrogen-bond donors (Lipinski definition) is 0. The molecule has 0 unspecified atom stereocenters. The maximum atomic E-state index is 6.01. The molecular weight excluding hydrogens is 312 g/mol. The van der Waals surface area contributed by atoms with Gasteiger partial charge < -0.3 is 9.64 Å². The van der Waals surface area contributed by atoms with Gasteiger partial charge in [-0.15, -0.1) is 0 Å². The smallest absolute Gasteiger partial charge is 0.132 e. The summed E-state index contributed by atoms with van der Waals surface area (Å²) in [5, 5.41) is 0. The first kappa shape index (κ1) is 16.3. The van der Waals surface area contributed by atoms with Gasteiger partial charge in [0.25, 0.3) is 0 Å². The second-order valence-electron chi connectivity index (χ2n) is 7.31. The molecule has 0 amide bonds. The van der Waals surface area contributed by atoms with Crippen LogP contribution in [0.25, 0.3) is 0 Å². The van der Waals surface area contributed by atoms with Crippen molar-refractivity contribution in [2.45, 2.75) is 44.9 Å². The number of hydrogen-bond acceptors (Lipinski definition) is 5. The molecule has 1 aliphatic heterocycles. The molecule has 25 heavy (non-hydrogen) atoms. The summed E-state index contributed by atoms with van der Waals surface area (Å²) in [4.78, 5) is 15.5. The van der Waals surface area contributed by atoms with Gasteiger partial charge in [-0.25, -0.2) is 9.97 Å². The van der Waals surface area contributed by atoms with E-state index in [2.05, 4.69) is 25.9 Å². The van der Waals surface area contributed by atoms with Crippen molar-refractivity contribution < 1.29 is 4.74 Å². The third-order valence-electron chi connectivity index (χ3n) is 5.58. The van der Waals surface area contributed by atoms with Crippen molar-refractivity contribution in [3.05, 3.63) is 42.1 Å². The summed E-state index contributed by atoms with van der Waals surface area (Å²) in [6, 6.07) is 4.16.